The first-order valence-corrected chi connectivity index (χ1v) is 13.2. The molecule has 0 fully saturated rings. The molecular weight excluding hydrogens is 440 g/mol. The van der Waals surface area contributed by atoms with E-state index in [1.807, 2.05) is 24.3 Å². The smallest absolute Gasteiger partial charge is 0.343 e. The van der Waals surface area contributed by atoms with Crippen molar-refractivity contribution in [2.24, 2.45) is 0 Å². The normalized spacial score (nSPS) is 10.9. The lowest BCUT2D eigenvalue weighted by Crippen LogP contribution is -2.08. The van der Waals surface area contributed by atoms with Gasteiger partial charge in [-0.3, -0.25) is 0 Å². The number of ether oxygens (including phenoxy) is 1. The van der Waals surface area contributed by atoms with Gasteiger partial charge in [-0.1, -0.05) is 113 Å². The van der Waals surface area contributed by atoms with Crippen molar-refractivity contribution in [3.8, 4) is 16.9 Å². The molecule has 0 N–H and O–H groups in total. The van der Waals surface area contributed by atoms with Crippen LogP contribution in [0.25, 0.3) is 11.1 Å². The zero-order valence-corrected chi connectivity index (χ0v) is 21.2. The summed E-state index contributed by atoms with van der Waals surface area (Å²) >= 11 is 5.87. The van der Waals surface area contributed by atoms with Gasteiger partial charge in [0.25, 0.3) is 0 Å². The molecule has 0 bridgehead atoms. The van der Waals surface area contributed by atoms with Gasteiger partial charge < -0.3 is 4.74 Å². The second-order valence-corrected chi connectivity index (χ2v) is 9.49. The number of unbranched alkanes of at least 4 members (excludes halogenated alkanes) is 9. The lowest BCUT2D eigenvalue weighted by Gasteiger charge is -2.07. The first kappa shape index (κ1) is 26.0. The van der Waals surface area contributed by atoms with Gasteiger partial charge in [-0.05, 0) is 65.9 Å². The van der Waals surface area contributed by atoms with Gasteiger partial charge in [-0.15, -0.1) is 0 Å². The second kappa shape index (κ2) is 14.6. The van der Waals surface area contributed by atoms with Crippen LogP contribution < -0.4 is 4.74 Å². The third-order valence-corrected chi connectivity index (χ3v) is 6.50. The van der Waals surface area contributed by atoms with E-state index in [2.05, 4.69) is 31.2 Å². The largest absolute Gasteiger partial charge is 0.423 e. The Morgan fingerprint density at radius 1 is 0.647 bits per heavy atom. The fraction of sp³-hybridized carbons (Fsp3) is 0.387. The highest BCUT2D eigenvalue weighted by Gasteiger charge is 2.09. The van der Waals surface area contributed by atoms with Crippen molar-refractivity contribution in [2.75, 3.05) is 0 Å². The van der Waals surface area contributed by atoms with Crippen molar-refractivity contribution in [3.63, 3.8) is 0 Å². The Hall–Kier alpha value is -2.58. The number of carbonyl (C=O) groups is 1. The molecular formula is C31H37ClO2. The summed E-state index contributed by atoms with van der Waals surface area (Å²) in [6, 6.07) is 23.1. The Kier molecular flexibility index (Phi) is 11.2. The van der Waals surface area contributed by atoms with Gasteiger partial charge in [0.2, 0.25) is 0 Å². The summed E-state index contributed by atoms with van der Waals surface area (Å²) < 4.78 is 5.41. The van der Waals surface area contributed by atoms with Gasteiger partial charge in [0.1, 0.15) is 5.75 Å². The van der Waals surface area contributed by atoms with Gasteiger partial charge >= 0.3 is 5.97 Å². The summed E-state index contributed by atoms with van der Waals surface area (Å²) in [6.07, 6.45) is 14.8. The van der Waals surface area contributed by atoms with Crippen molar-refractivity contribution in [3.05, 3.63) is 88.9 Å². The Balaban J connectivity index is 1.38. The summed E-state index contributed by atoms with van der Waals surface area (Å²) in [4.78, 5) is 12.4. The van der Waals surface area contributed by atoms with Crippen LogP contribution in [0.4, 0.5) is 0 Å². The zero-order chi connectivity index (χ0) is 24.0. The number of carbonyl (C=O) groups excluding carboxylic acids is 1. The van der Waals surface area contributed by atoms with Crippen LogP contribution in [0.15, 0.2) is 72.8 Å². The van der Waals surface area contributed by atoms with Crippen LogP contribution in [-0.4, -0.2) is 5.97 Å². The van der Waals surface area contributed by atoms with Crippen molar-refractivity contribution in [2.45, 2.75) is 77.6 Å². The van der Waals surface area contributed by atoms with E-state index in [4.69, 9.17) is 16.3 Å². The standard InChI is InChI=1S/C31H37ClO2/c1-2-3-4-5-6-7-8-9-10-11-12-25-13-15-26(16-14-25)27-17-19-28(20-18-27)31(33)34-30-23-21-29(32)22-24-30/h13-24H,2-12H2,1H3. The van der Waals surface area contributed by atoms with Crippen LogP contribution in [0.2, 0.25) is 5.02 Å². The molecule has 0 amide bonds. The Bertz CT molecular complexity index is 975. The second-order valence-electron chi connectivity index (χ2n) is 9.05. The molecule has 3 aromatic carbocycles. The predicted molar refractivity (Wildman–Crippen MR) is 144 cm³/mol. The third kappa shape index (κ3) is 8.99. The molecule has 0 heterocycles. The molecule has 0 saturated carbocycles. The molecule has 3 rings (SSSR count). The van der Waals surface area contributed by atoms with E-state index in [1.165, 1.54) is 69.8 Å². The van der Waals surface area contributed by atoms with Gasteiger partial charge in [0.05, 0.1) is 5.56 Å². The van der Waals surface area contributed by atoms with Crippen LogP contribution in [0.3, 0.4) is 0 Å². The van der Waals surface area contributed by atoms with Gasteiger partial charge in [-0.25, -0.2) is 4.79 Å². The van der Waals surface area contributed by atoms with Crippen LogP contribution in [0, 0.1) is 0 Å². The maximum Gasteiger partial charge on any atom is 0.343 e. The van der Waals surface area contributed by atoms with Gasteiger partial charge in [0, 0.05) is 5.02 Å². The van der Waals surface area contributed by atoms with E-state index in [0.717, 1.165) is 17.5 Å². The summed E-state index contributed by atoms with van der Waals surface area (Å²) in [6.45, 7) is 2.27. The third-order valence-electron chi connectivity index (χ3n) is 6.25. The van der Waals surface area contributed by atoms with Crippen molar-refractivity contribution in [1.82, 2.24) is 0 Å². The summed E-state index contributed by atoms with van der Waals surface area (Å²) in [7, 11) is 0. The fourth-order valence-corrected chi connectivity index (χ4v) is 4.27. The lowest BCUT2D eigenvalue weighted by molar-refractivity contribution is 0.0735. The Morgan fingerprint density at radius 3 is 1.71 bits per heavy atom. The predicted octanol–water partition coefficient (Wildman–Crippen LogP) is 9.69. The van der Waals surface area contributed by atoms with Crippen LogP contribution in [0.5, 0.6) is 5.75 Å². The molecule has 3 aromatic rings. The highest BCUT2D eigenvalue weighted by atomic mass is 35.5. The van der Waals surface area contributed by atoms with E-state index < -0.39 is 0 Å². The molecule has 0 unspecified atom stereocenters. The maximum absolute atomic E-state index is 12.4. The SMILES string of the molecule is CCCCCCCCCCCCc1ccc(-c2ccc(C(=O)Oc3ccc(Cl)cc3)cc2)cc1. The number of hydrogen-bond acceptors (Lipinski definition) is 2. The lowest BCUT2D eigenvalue weighted by atomic mass is 10.00. The van der Waals surface area contributed by atoms with Crippen LogP contribution in [-0.2, 0) is 6.42 Å². The maximum atomic E-state index is 12.4. The summed E-state index contributed by atoms with van der Waals surface area (Å²) in [5.74, 6) is 0.109. The number of benzene rings is 3. The molecule has 3 heteroatoms. The number of rotatable bonds is 14. The molecule has 180 valence electrons. The van der Waals surface area contributed by atoms with Crippen molar-refractivity contribution in [1.29, 1.82) is 0 Å². The van der Waals surface area contributed by atoms with E-state index in [9.17, 15) is 4.79 Å². The average Bonchev–Trinajstić information content (AvgIpc) is 2.87. The van der Waals surface area contributed by atoms with Gasteiger partial charge in [-0.2, -0.15) is 0 Å². The van der Waals surface area contributed by atoms with E-state index in [0.29, 0.717) is 16.3 Å². The van der Waals surface area contributed by atoms with Gasteiger partial charge in [0.15, 0.2) is 0 Å². The molecule has 0 aliphatic carbocycles. The average molecular weight is 477 g/mol. The Morgan fingerprint density at radius 2 is 1.15 bits per heavy atom. The molecule has 2 nitrogen and oxygen atoms in total. The van der Waals surface area contributed by atoms with E-state index in [-0.39, 0.29) is 5.97 Å². The zero-order valence-electron chi connectivity index (χ0n) is 20.4. The summed E-state index contributed by atoms with van der Waals surface area (Å²) in [5, 5.41) is 0.610. The van der Waals surface area contributed by atoms with Crippen LogP contribution in [0.1, 0.15) is 87.1 Å². The van der Waals surface area contributed by atoms with E-state index in [1.54, 1.807) is 24.3 Å². The highest BCUT2D eigenvalue weighted by Crippen LogP contribution is 2.23. The topological polar surface area (TPSA) is 26.3 Å². The number of halogens is 1. The summed E-state index contributed by atoms with van der Waals surface area (Å²) in [5.41, 5.74) is 4.17. The Labute approximate surface area is 210 Å². The molecule has 0 radical (unpaired) electrons. The fourth-order valence-electron chi connectivity index (χ4n) is 4.15. The highest BCUT2D eigenvalue weighted by molar-refractivity contribution is 6.30. The number of esters is 1. The minimum atomic E-state index is -0.374. The monoisotopic (exact) mass is 476 g/mol. The van der Waals surface area contributed by atoms with E-state index >= 15 is 0 Å². The molecule has 34 heavy (non-hydrogen) atoms. The van der Waals surface area contributed by atoms with Crippen molar-refractivity contribution >= 4 is 17.6 Å². The first-order chi connectivity index (χ1) is 16.7. The molecule has 0 aliphatic rings. The quantitative estimate of drug-likeness (QED) is 0.131. The number of hydrogen-bond donors (Lipinski definition) is 0. The molecule has 0 aromatic heterocycles. The number of aryl methyl sites for hydroxylation is 1. The molecule has 0 atom stereocenters. The first-order valence-electron chi connectivity index (χ1n) is 12.8. The molecule has 0 aliphatic heterocycles. The molecule has 0 spiro atoms. The van der Waals surface area contributed by atoms with Crippen molar-refractivity contribution < 1.29 is 9.53 Å². The van der Waals surface area contributed by atoms with Crippen LogP contribution >= 0.6 is 11.6 Å². The molecule has 0 saturated heterocycles. The minimum absolute atomic E-state index is 0.374. The minimum Gasteiger partial charge on any atom is -0.423 e.